The van der Waals surface area contributed by atoms with Gasteiger partial charge in [-0.15, -0.1) is 0 Å². The SMILES string of the molecule is NC(=O)C1=C(O)[C@@]2(O)C(=O)C3=C(O)c4c(O)ccc(C5CCOCC5)c4C[C@H]3C[C@H]2CC1=O. The minimum Gasteiger partial charge on any atom is -0.508 e. The van der Waals surface area contributed by atoms with Crippen molar-refractivity contribution in [2.75, 3.05) is 13.2 Å². The molecule has 6 N–H and O–H groups in total. The number of primary amides is 1. The van der Waals surface area contributed by atoms with Crippen LogP contribution in [0.2, 0.25) is 0 Å². The lowest BCUT2D eigenvalue weighted by atomic mass is 9.59. The quantitative estimate of drug-likeness (QED) is 0.416. The third kappa shape index (κ3) is 2.95. The van der Waals surface area contributed by atoms with Gasteiger partial charge in [0.1, 0.15) is 22.8 Å². The van der Waals surface area contributed by atoms with Gasteiger partial charge >= 0.3 is 0 Å². The van der Waals surface area contributed by atoms with E-state index >= 15 is 0 Å². The van der Waals surface area contributed by atoms with Crippen LogP contribution in [-0.4, -0.2) is 56.7 Å². The van der Waals surface area contributed by atoms with Crippen molar-refractivity contribution in [3.8, 4) is 5.75 Å². The average molecular weight is 455 g/mol. The Morgan fingerprint density at radius 3 is 2.42 bits per heavy atom. The van der Waals surface area contributed by atoms with Crippen LogP contribution in [0.25, 0.3) is 5.76 Å². The molecule has 9 heteroatoms. The van der Waals surface area contributed by atoms with E-state index in [9.17, 15) is 34.8 Å². The number of ether oxygens (including phenoxy) is 1. The number of benzene rings is 1. The minimum atomic E-state index is -2.54. The van der Waals surface area contributed by atoms with Gasteiger partial charge in [0.15, 0.2) is 11.4 Å². The van der Waals surface area contributed by atoms with Crippen LogP contribution in [0.1, 0.15) is 48.3 Å². The molecule has 1 aromatic rings. The van der Waals surface area contributed by atoms with Crippen molar-refractivity contribution in [1.29, 1.82) is 0 Å². The Balaban J connectivity index is 1.66. The zero-order valence-corrected chi connectivity index (χ0v) is 17.8. The van der Waals surface area contributed by atoms with Gasteiger partial charge < -0.3 is 30.9 Å². The molecule has 33 heavy (non-hydrogen) atoms. The van der Waals surface area contributed by atoms with Crippen LogP contribution in [0, 0.1) is 11.8 Å². The van der Waals surface area contributed by atoms with Crippen molar-refractivity contribution >= 4 is 23.2 Å². The standard InChI is InChI=1S/C24H25NO8/c25-23(31)19-16(27)9-12-7-11-8-14-13(10-3-5-33-6-4-10)1-2-15(26)18(14)20(28)17(11)21(29)24(12,32)22(19)30/h1-2,10-12,26,28,30,32H,3-9H2,(H2,25,31)/t11-,12+,24+/m1/s1. The first-order chi connectivity index (χ1) is 15.7. The highest BCUT2D eigenvalue weighted by Gasteiger charge is 2.60. The van der Waals surface area contributed by atoms with Crippen molar-refractivity contribution in [2.24, 2.45) is 17.6 Å². The Morgan fingerprint density at radius 2 is 1.76 bits per heavy atom. The largest absolute Gasteiger partial charge is 0.508 e. The number of ketones is 2. The first-order valence-corrected chi connectivity index (χ1v) is 11.1. The molecule has 1 aromatic carbocycles. The highest BCUT2D eigenvalue weighted by Crippen LogP contribution is 2.53. The molecular weight excluding hydrogens is 430 g/mol. The van der Waals surface area contributed by atoms with Crippen molar-refractivity contribution in [2.45, 2.75) is 43.6 Å². The first-order valence-electron chi connectivity index (χ1n) is 11.1. The van der Waals surface area contributed by atoms with Gasteiger partial charge in [-0.2, -0.15) is 0 Å². The van der Waals surface area contributed by atoms with E-state index < -0.39 is 52.0 Å². The Hall–Kier alpha value is -3.17. The van der Waals surface area contributed by atoms with Gasteiger partial charge in [-0.05, 0) is 54.7 Å². The van der Waals surface area contributed by atoms with Crippen LogP contribution < -0.4 is 5.73 Å². The lowest BCUT2D eigenvalue weighted by molar-refractivity contribution is -0.147. The number of aliphatic hydroxyl groups is 3. The summed E-state index contributed by atoms with van der Waals surface area (Å²) in [4.78, 5) is 37.6. The number of phenols is 1. The minimum absolute atomic E-state index is 0.120. The zero-order chi connectivity index (χ0) is 23.7. The summed E-state index contributed by atoms with van der Waals surface area (Å²) in [5.74, 6) is -5.95. The third-order valence-electron chi connectivity index (χ3n) is 7.64. The van der Waals surface area contributed by atoms with Crippen molar-refractivity contribution < 1.29 is 39.5 Å². The lowest BCUT2D eigenvalue weighted by Gasteiger charge is -2.46. The van der Waals surface area contributed by atoms with Crippen LogP contribution in [-0.2, 0) is 25.5 Å². The number of carbonyl (C=O) groups excluding carboxylic acids is 3. The molecule has 1 aliphatic heterocycles. The van der Waals surface area contributed by atoms with Crippen LogP contribution in [0.5, 0.6) is 5.75 Å². The fourth-order valence-corrected chi connectivity index (χ4v) is 6.04. The number of amides is 1. The number of Topliss-reactive ketones (excluding diaryl/α,β-unsaturated/α-hetero) is 2. The van der Waals surface area contributed by atoms with Crippen molar-refractivity contribution in [1.82, 2.24) is 0 Å². The molecule has 3 atom stereocenters. The summed E-state index contributed by atoms with van der Waals surface area (Å²) in [5, 5.41) is 43.6. The van der Waals surface area contributed by atoms with Crippen LogP contribution in [0.15, 0.2) is 29.0 Å². The van der Waals surface area contributed by atoms with Crippen LogP contribution >= 0.6 is 0 Å². The number of nitrogens with two attached hydrogens (primary N) is 1. The molecule has 0 bridgehead atoms. The van der Waals surface area contributed by atoms with E-state index in [4.69, 9.17) is 10.5 Å². The molecule has 5 rings (SSSR count). The summed E-state index contributed by atoms with van der Waals surface area (Å²) < 4.78 is 5.45. The van der Waals surface area contributed by atoms with E-state index in [2.05, 4.69) is 0 Å². The van der Waals surface area contributed by atoms with Gasteiger partial charge in [0.05, 0.1) is 5.56 Å². The van der Waals surface area contributed by atoms with Gasteiger partial charge in [0, 0.05) is 31.1 Å². The number of phenolic OH excluding ortho intramolecular Hbond substituents is 1. The summed E-state index contributed by atoms with van der Waals surface area (Å²) >= 11 is 0. The number of carbonyl (C=O) groups is 3. The topological polar surface area (TPSA) is 167 Å². The molecule has 0 radical (unpaired) electrons. The number of rotatable bonds is 2. The number of aliphatic hydroxyl groups excluding tert-OH is 2. The van der Waals surface area contributed by atoms with Gasteiger partial charge in [-0.25, -0.2) is 0 Å². The maximum atomic E-state index is 13.5. The monoisotopic (exact) mass is 455 g/mol. The van der Waals surface area contributed by atoms with E-state index in [1.54, 1.807) is 0 Å². The van der Waals surface area contributed by atoms with Crippen LogP contribution in [0.4, 0.5) is 0 Å². The fourth-order valence-electron chi connectivity index (χ4n) is 6.04. The molecule has 0 spiro atoms. The van der Waals surface area contributed by atoms with Gasteiger partial charge in [0.2, 0.25) is 5.78 Å². The van der Waals surface area contributed by atoms with E-state index in [0.717, 1.165) is 24.0 Å². The number of hydrogen-bond donors (Lipinski definition) is 5. The second-order valence-electron chi connectivity index (χ2n) is 9.32. The zero-order valence-electron chi connectivity index (χ0n) is 17.8. The molecule has 2 fully saturated rings. The molecule has 1 amide bonds. The molecule has 0 aromatic heterocycles. The smallest absolute Gasteiger partial charge is 0.255 e. The predicted molar refractivity (Wildman–Crippen MR) is 114 cm³/mol. The predicted octanol–water partition coefficient (Wildman–Crippen LogP) is 1.32. The first kappa shape index (κ1) is 21.7. The van der Waals surface area contributed by atoms with Gasteiger partial charge in [0.25, 0.3) is 5.91 Å². The summed E-state index contributed by atoms with van der Waals surface area (Å²) in [6.07, 6.45) is 1.73. The molecule has 1 saturated heterocycles. The normalized spacial score (nSPS) is 30.1. The van der Waals surface area contributed by atoms with E-state index in [1.807, 2.05) is 6.07 Å². The molecule has 0 unspecified atom stereocenters. The Bertz CT molecular complexity index is 1160. The molecule has 9 nitrogen and oxygen atoms in total. The summed E-state index contributed by atoms with van der Waals surface area (Å²) in [7, 11) is 0. The van der Waals surface area contributed by atoms with Gasteiger partial charge in [-0.3, -0.25) is 14.4 Å². The lowest BCUT2D eigenvalue weighted by Crippen LogP contribution is -2.58. The fraction of sp³-hybridized carbons (Fsp3) is 0.458. The summed E-state index contributed by atoms with van der Waals surface area (Å²) in [6, 6.07) is 3.31. The Labute approximate surface area is 189 Å². The number of fused-ring (bicyclic) bond motifs is 3. The summed E-state index contributed by atoms with van der Waals surface area (Å²) in [6.45, 7) is 1.22. The van der Waals surface area contributed by atoms with E-state index in [-0.39, 0.29) is 35.6 Å². The molecule has 174 valence electrons. The summed E-state index contributed by atoms with van der Waals surface area (Å²) in [5.41, 5.74) is 3.61. The van der Waals surface area contributed by atoms with Gasteiger partial charge in [-0.1, -0.05) is 6.07 Å². The Morgan fingerprint density at radius 1 is 1.06 bits per heavy atom. The average Bonchev–Trinajstić information content (AvgIpc) is 2.76. The Kier molecular flexibility index (Phi) is 4.88. The van der Waals surface area contributed by atoms with Crippen LogP contribution in [0.3, 0.4) is 0 Å². The molecule has 3 aliphatic carbocycles. The molecular formula is C24H25NO8. The maximum absolute atomic E-state index is 13.5. The number of aromatic hydroxyl groups is 1. The third-order valence-corrected chi connectivity index (χ3v) is 7.64. The second-order valence-corrected chi connectivity index (χ2v) is 9.32. The maximum Gasteiger partial charge on any atom is 0.255 e. The second kappa shape index (κ2) is 7.43. The molecule has 1 heterocycles. The van der Waals surface area contributed by atoms with E-state index in [1.165, 1.54) is 6.07 Å². The highest BCUT2D eigenvalue weighted by atomic mass is 16.5. The molecule has 4 aliphatic rings. The molecule has 1 saturated carbocycles. The van der Waals surface area contributed by atoms with Crippen molar-refractivity contribution in [3.05, 3.63) is 45.7 Å². The number of hydrogen-bond acceptors (Lipinski definition) is 8. The van der Waals surface area contributed by atoms with Crippen molar-refractivity contribution in [3.63, 3.8) is 0 Å². The highest BCUT2D eigenvalue weighted by molar-refractivity contribution is 6.22. The van der Waals surface area contributed by atoms with E-state index in [0.29, 0.717) is 19.6 Å².